The van der Waals surface area contributed by atoms with Crippen molar-refractivity contribution < 1.29 is 33.3 Å². The van der Waals surface area contributed by atoms with Crippen molar-refractivity contribution in [2.24, 2.45) is 0 Å². The number of hydrogen-bond acceptors (Lipinski definition) is 7. The van der Waals surface area contributed by atoms with Crippen LogP contribution < -0.4 is 5.32 Å². The van der Waals surface area contributed by atoms with E-state index >= 15 is 0 Å². The van der Waals surface area contributed by atoms with E-state index in [0.29, 0.717) is 13.2 Å². The molecule has 0 aromatic carbocycles. The monoisotopic (exact) mass is 740 g/mol. The minimum Gasteiger partial charge on any atom is -0.459 e. The molecule has 8 heteroatoms. The van der Waals surface area contributed by atoms with Crippen molar-refractivity contribution in [3.63, 3.8) is 0 Å². The van der Waals surface area contributed by atoms with Gasteiger partial charge in [-0.15, -0.1) is 0 Å². The number of amides is 1. The predicted molar refractivity (Wildman–Crippen MR) is 216 cm³/mol. The maximum Gasteiger partial charge on any atom is 0.332 e. The Balaban J connectivity index is 4.12. The third-order valence-corrected chi connectivity index (χ3v) is 9.93. The zero-order chi connectivity index (χ0) is 38.0. The Morgan fingerprint density at radius 1 is 0.481 bits per heavy atom. The normalized spacial score (nSPS) is 11.8. The molecule has 0 aliphatic heterocycles. The van der Waals surface area contributed by atoms with Crippen LogP contribution in [0.5, 0.6) is 0 Å². The van der Waals surface area contributed by atoms with E-state index < -0.39 is 23.9 Å². The number of carbonyl (C=O) groups excluding carboxylic acids is 3. The molecule has 1 unspecified atom stereocenters. The number of esters is 2. The van der Waals surface area contributed by atoms with E-state index in [4.69, 9.17) is 18.9 Å². The molecule has 0 aromatic rings. The minimum absolute atomic E-state index is 0.246. The van der Waals surface area contributed by atoms with Gasteiger partial charge >= 0.3 is 11.9 Å². The molecule has 0 aliphatic carbocycles. The molecule has 0 aromatic heterocycles. The van der Waals surface area contributed by atoms with Gasteiger partial charge in [0.05, 0.1) is 13.2 Å². The molecule has 0 spiro atoms. The van der Waals surface area contributed by atoms with Gasteiger partial charge in [0.15, 0.2) is 0 Å². The molecule has 0 rings (SSSR count). The van der Waals surface area contributed by atoms with Crippen LogP contribution in [0, 0.1) is 0 Å². The minimum atomic E-state index is -1.16. The fraction of sp³-hybridized carbons (Fsp3) is 0.932. The molecule has 1 N–H and O–H groups in total. The van der Waals surface area contributed by atoms with Crippen LogP contribution in [-0.4, -0.2) is 64.0 Å². The molecule has 0 bridgehead atoms. The Morgan fingerprint density at radius 3 is 1.27 bits per heavy atom. The number of nitrogens with one attached hydrogen (secondary N) is 1. The second-order valence-electron chi connectivity index (χ2n) is 15.0. The quantitative estimate of drug-likeness (QED) is 0.0491. The van der Waals surface area contributed by atoms with Crippen LogP contribution in [0.3, 0.4) is 0 Å². The smallest absolute Gasteiger partial charge is 0.332 e. The van der Waals surface area contributed by atoms with Gasteiger partial charge in [-0.2, -0.15) is 0 Å². The lowest BCUT2D eigenvalue weighted by Crippen LogP contribution is -2.41. The first-order valence-electron chi connectivity index (χ1n) is 22.2. The third kappa shape index (κ3) is 38.1. The summed E-state index contributed by atoms with van der Waals surface area (Å²) in [6.07, 6.45) is 38.7. The first-order valence-corrected chi connectivity index (χ1v) is 22.2. The van der Waals surface area contributed by atoms with Crippen LogP contribution in [0.25, 0.3) is 0 Å². The Labute approximate surface area is 321 Å². The maximum absolute atomic E-state index is 12.9. The molecular formula is C44H85NO7. The van der Waals surface area contributed by atoms with Crippen LogP contribution in [0.2, 0.25) is 0 Å². The summed E-state index contributed by atoms with van der Waals surface area (Å²) >= 11 is 0. The number of methoxy groups -OCH3 is 1. The van der Waals surface area contributed by atoms with E-state index in [1.165, 1.54) is 161 Å². The van der Waals surface area contributed by atoms with Gasteiger partial charge in [0.2, 0.25) is 6.10 Å². The lowest BCUT2D eigenvalue weighted by molar-refractivity contribution is -0.166. The number of hydrogen-bond donors (Lipinski definition) is 1. The van der Waals surface area contributed by atoms with Gasteiger partial charge in [0.25, 0.3) is 5.91 Å². The molecule has 8 nitrogen and oxygen atoms in total. The Bertz CT molecular complexity index is 778. The highest BCUT2D eigenvalue weighted by Gasteiger charge is 2.24. The largest absolute Gasteiger partial charge is 0.459 e. The summed E-state index contributed by atoms with van der Waals surface area (Å²) in [5.41, 5.74) is 0. The van der Waals surface area contributed by atoms with E-state index in [9.17, 15) is 14.4 Å². The highest BCUT2D eigenvalue weighted by molar-refractivity contribution is 5.84. The third-order valence-electron chi connectivity index (χ3n) is 9.93. The van der Waals surface area contributed by atoms with Crippen LogP contribution >= 0.6 is 0 Å². The fourth-order valence-corrected chi connectivity index (χ4v) is 6.53. The van der Waals surface area contributed by atoms with Gasteiger partial charge in [0.1, 0.15) is 13.2 Å². The maximum atomic E-state index is 12.9. The number of rotatable bonds is 42. The Morgan fingerprint density at radius 2 is 0.865 bits per heavy atom. The summed E-state index contributed by atoms with van der Waals surface area (Å²) in [5, 5.41) is 2.89. The van der Waals surface area contributed by atoms with E-state index in [0.717, 1.165) is 38.5 Å². The zero-order valence-electron chi connectivity index (χ0n) is 34.6. The lowest BCUT2D eigenvalue weighted by Gasteiger charge is -2.18. The summed E-state index contributed by atoms with van der Waals surface area (Å²) in [5.74, 6) is -1.45. The molecule has 0 fully saturated rings. The van der Waals surface area contributed by atoms with Crippen LogP contribution in [0.15, 0.2) is 0 Å². The van der Waals surface area contributed by atoms with Gasteiger partial charge in [0, 0.05) is 20.1 Å². The van der Waals surface area contributed by atoms with Gasteiger partial charge in [-0.3, -0.25) is 9.59 Å². The standard InChI is InChI=1S/C44H85NO7/c1-4-6-8-10-12-14-16-18-20-22-24-26-28-30-32-34-36-45-44(48)41(39-51-43(47)40-50-38-37-49-3)52-42(46)35-33-31-29-27-25-23-21-19-17-15-13-11-9-7-5-2/h41H,4-40H2,1-3H3,(H,45,48). The molecule has 1 amide bonds. The summed E-state index contributed by atoms with van der Waals surface area (Å²) in [6, 6.07) is 0. The van der Waals surface area contributed by atoms with E-state index in [1.54, 1.807) is 7.11 Å². The predicted octanol–water partition coefficient (Wildman–Crippen LogP) is 11.7. The summed E-state index contributed by atoms with van der Waals surface area (Å²) in [7, 11) is 1.55. The average molecular weight is 740 g/mol. The molecule has 52 heavy (non-hydrogen) atoms. The summed E-state index contributed by atoms with van der Waals surface area (Å²) in [4.78, 5) is 37.7. The molecule has 308 valence electrons. The van der Waals surface area contributed by atoms with E-state index in [2.05, 4.69) is 19.2 Å². The second kappa shape index (κ2) is 42.1. The van der Waals surface area contributed by atoms with Gasteiger partial charge < -0.3 is 24.3 Å². The van der Waals surface area contributed by atoms with Crippen LogP contribution in [0.4, 0.5) is 0 Å². The highest BCUT2D eigenvalue weighted by atomic mass is 16.6. The first-order chi connectivity index (χ1) is 25.5. The topological polar surface area (TPSA) is 100 Å². The fourth-order valence-electron chi connectivity index (χ4n) is 6.53. The average Bonchev–Trinajstić information content (AvgIpc) is 3.14. The van der Waals surface area contributed by atoms with Crippen molar-refractivity contribution in [3.8, 4) is 0 Å². The van der Waals surface area contributed by atoms with E-state index in [-0.39, 0.29) is 26.2 Å². The Hall–Kier alpha value is -1.67. The first kappa shape index (κ1) is 50.3. The molecule has 0 aliphatic rings. The van der Waals surface area contributed by atoms with Gasteiger partial charge in [-0.25, -0.2) is 4.79 Å². The SMILES string of the molecule is CCCCCCCCCCCCCCCCCCNC(=O)C(COC(=O)COCCOC)OC(=O)CCCCCCCCCCCCCCCCC. The summed E-state index contributed by atoms with van der Waals surface area (Å²) < 4.78 is 20.9. The Kier molecular flexibility index (Phi) is 40.7. The molecule has 0 saturated carbocycles. The number of ether oxygens (including phenoxy) is 4. The van der Waals surface area contributed by atoms with Crippen LogP contribution in [-0.2, 0) is 33.3 Å². The second-order valence-corrected chi connectivity index (χ2v) is 15.0. The molecule has 0 saturated heterocycles. The van der Waals surface area contributed by atoms with Crippen LogP contribution in [0.1, 0.15) is 219 Å². The lowest BCUT2D eigenvalue weighted by atomic mass is 10.0. The van der Waals surface area contributed by atoms with Crippen molar-refractivity contribution in [2.75, 3.05) is 40.1 Å². The van der Waals surface area contributed by atoms with E-state index in [1.807, 2.05) is 0 Å². The molecule has 0 radical (unpaired) electrons. The summed E-state index contributed by atoms with van der Waals surface area (Å²) in [6.45, 7) is 5.12. The molecule has 1 atom stereocenters. The van der Waals surface area contributed by atoms with Crippen molar-refractivity contribution in [3.05, 3.63) is 0 Å². The molecule has 0 heterocycles. The number of unbranched alkanes of at least 4 members (excludes halogenated alkanes) is 29. The van der Waals surface area contributed by atoms with Gasteiger partial charge in [-0.05, 0) is 12.8 Å². The molecular weight excluding hydrogens is 654 g/mol. The van der Waals surface area contributed by atoms with Crippen molar-refractivity contribution >= 4 is 17.8 Å². The zero-order valence-corrected chi connectivity index (χ0v) is 34.6. The highest BCUT2D eigenvalue weighted by Crippen LogP contribution is 2.15. The van der Waals surface area contributed by atoms with Crippen molar-refractivity contribution in [1.82, 2.24) is 5.32 Å². The van der Waals surface area contributed by atoms with Gasteiger partial charge in [-0.1, -0.05) is 200 Å². The van der Waals surface area contributed by atoms with Crippen molar-refractivity contribution in [1.29, 1.82) is 0 Å². The number of carbonyl (C=O) groups is 3. The van der Waals surface area contributed by atoms with Crippen molar-refractivity contribution in [2.45, 2.75) is 225 Å².